The van der Waals surface area contributed by atoms with Gasteiger partial charge in [0.25, 0.3) is 0 Å². The molecular weight excluding hydrogens is 296 g/mol. The third-order valence-electron chi connectivity index (χ3n) is 3.48. The van der Waals surface area contributed by atoms with Gasteiger partial charge in [-0.2, -0.15) is 0 Å². The van der Waals surface area contributed by atoms with Crippen molar-refractivity contribution in [2.24, 2.45) is 10.9 Å². The van der Waals surface area contributed by atoms with Crippen LogP contribution in [0.4, 0.5) is 0 Å². The fourth-order valence-corrected chi connectivity index (χ4v) is 2.24. The Kier molecular flexibility index (Phi) is 7.25. The summed E-state index contributed by atoms with van der Waals surface area (Å²) in [6, 6.07) is 3.63. The van der Waals surface area contributed by atoms with Crippen LogP contribution in [0.3, 0.4) is 0 Å². The van der Waals surface area contributed by atoms with Crippen LogP contribution >= 0.6 is 0 Å². The fourth-order valence-electron chi connectivity index (χ4n) is 2.24. The number of nitrogens with zero attached hydrogens (tertiary/aromatic N) is 3. The van der Waals surface area contributed by atoms with Crippen LogP contribution in [0, 0.1) is 5.92 Å². The second-order valence-electron chi connectivity index (χ2n) is 5.86. The summed E-state index contributed by atoms with van der Waals surface area (Å²) in [4.78, 5) is 11.0. The van der Waals surface area contributed by atoms with Gasteiger partial charge in [0.05, 0.1) is 31.9 Å². The summed E-state index contributed by atoms with van der Waals surface area (Å²) in [6.07, 6.45) is 1.67. The number of amidine groups is 1. The number of hydrogen-bond donors (Lipinski definition) is 2. The van der Waals surface area contributed by atoms with Crippen molar-refractivity contribution >= 4 is 5.84 Å². The first-order chi connectivity index (χ1) is 11.2. The summed E-state index contributed by atoms with van der Waals surface area (Å²) in [6.45, 7) is 9.51. The lowest BCUT2D eigenvalue weighted by Crippen LogP contribution is -2.38. The molecule has 2 heterocycles. The second kappa shape index (κ2) is 9.44. The summed E-state index contributed by atoms with van der Waals surface area (Å²) in [5.74, 6) is 1.26. The molecule has 7 nitrogen and oxygen atoms in total. The van der Waals surface area contributed by atoms with E-state index >= 15 is 0 Å². The smallest absolute Gasteiger partial charge is 0.224 e. The first kappa shape index (κ1) is 17.7. The largest absolute Gasteiger partial charge is 0.477 e. The number of aromatic nitrogens is 1. The van der Waals surface area contributed by atoms with E-state index in [1.54, 1.807) is 12.3 Å². The number of pyridine rings is 1. The van der Waals surface area contributed by atoms with Crippen LogP contribution in [0.5, 0.6) is 5.88 Å². The molecule has 0 bridgehead atoms. The molecule has 0 atom stereocenters. The van der Waals surface area contributed by atoms with Crippen LogP contribution in [0.15, 0.2) is 23.3 Å². The Hall–Kier alpha value is -1.70. The van der Waals surface area contributed by atoms with Crippen LogP contribution in [-0.2, 0) is 4.74 Å². The van der Waals surface area contributed by atoms with Crippen molar-refractivity contribution in [1.82, 2.24) is 15.4 Å². The SMILES string of the molecule is CC(C)COc1ncccc1C(=NCCN1CCOCC1)NO. The highest BCUT2D eigenvalue weighted by molar-refractivity contribution is 5.99. The Morgan fingerprint density at radius 1 is 1.48 bits per heavy atom. The van der Waals surface area contributed by atoms with Crippen LogP contribution in [0.25, 0.3) is 0 Å². The molecule has 1 aromatic rings. The molecule has 1 aliphatic heterocycles. The molecule has 0 saturated carbocycles. The van der Waals surface area contributed by atoms with E-state index < -0.39 is 0 Å². The predicted molar refractivity (Wildman–Crippen MR) is 88.2 cm³/mol. The van der Waals surface area contributed by atoms with Gasteiger partial charge in [-0.15, -0.1) is 0 Å². The zero-order chi connectivity index (χ0) is 16.5. The number of hydrogen-bond acceptors (Lipinski definition) is 6. The van der Waals surface area contributed by atoms with Gasteiger partial charge in [-0.3, -0.25) is 20.6 Å². The quantitative estimate of drug-likeness (QED) is 0.446. The van der Waals surface area contributed by atoms with Gasteiger partial charge in [0.15, 0.2) is 5.84 Å². The van der Waals surface area contributed by atoms with Crippen LogP contribution in [0.1, 0.15) is 19.4 Å². The monoisotopic (exact) mass is 322 g/mol. The number of nitrogens with one attached hydrogen (secondary N) is 1. The molecule has 0 aliphatic carbocycles. The minimum atomic E-state index is 0.380. The first-order valence-electron chi connectivity index (χ1n) is 8.03. The molecule has 0 amide bonds. The van der Waals surface area contributed by atoms with Gasteiger partial charge in [0.1, 0.15) is 0 Å². The Labute approximate surface area is 137 Å². The molecular formula is C16H26N4O3. The average Bonchev–Trinajstić information content (AvgIpc) is 2.58. The van der Waals surface area contributed by atoms with Crippen molar-refractivity contribution in [3.05, 3.63) is 23.9 Å². The molecule has 23 heavy (non-hydrogen) atoms. The summed E-state index contributed by atoms with van der Waals surface area (Å²) < 4.78 is 11.0. The molecule has 2 N–H and O–H groups in total. The number of rotatable bonds is 7. The molecule has 0 radical (unpaired) electrons. The van der Waals surface area contributed by atoms with Crippen molar-refractivity contribution in [2.45, 2.75) is 13.8 Å². The van der Waals surface area contributed by atoms with Crippen molar-refractivity contribution in [3.63, 3.8) is 0 Å². The molecule has 1 saturated heterocycles. The van der Waals surface area contributed by atoms with Gasteiger partial charge in [0, 0.05) is 25.8 Å². The Morgan fingerprint density at radius 3 is 2.96 bits per heavy atom. The lowest BCUT2D eigenvalue weighted by Gasteiger charge is -2.25. The van der Waals surface area contributed by atoms with E-state index in [0.717, 1.165) is 32.8 Å². The maximum absolute atomic E-state index is 9.42. The van der Waals surface area contributed by atoms with E-state index in [1.807, 2.05) is 6.07 Å². The molecule has 7 heteroatoms. The van der Waals surface area contributed by atoms with Crippen molar-refractivity contribution in [2.75, 3.05) is 46.0 Å². The van der Waals surface area contributed by atoms with E-state index in [4.69, 9.17) is 9.47 Å². The topological polar surface area (TPSA) is 79.2 Å². The Balaban J connectivity index is 1.99. The predicted octanol–water partition coefficient (Wildman–Crippen LogP) is 1.17. The van der Waals surface area contributed by atoms with E-state index in [1.165, 1.54) is 0 Å². The minimum Gasteiger partial charge on any atom is -0.477 e. The minimum absolute atomic E-state index is 0.380. The van der Waals surface area contributed by atoms with E-state index in [2.05, 4.69) is 34.2 Å². The maximum atomic E-state index is 9.42. The standard InChI is InChI=1S/C16H26N4O3/c1-13(2)12-23-16-14(4-3-5-18-16)15(19-21)17-6-7-20-8-10-22-11-9-20/h3-5,13,21H,6-12H2,1-2H3,(H,17,19). The van der Waals surface area contributed by atoms with Crippen molar-refractivity contribution in [3.8, 4) is 5.88 Å². The number of morpholine rings is 1. The number of aliphatic imine (C=N–C) groups is 1. The molecule has 1 fully saturated rings. The summed E-state index contributed by atoms with van der Waals surface area (Å²) in [7, 11) is 0. The molecule has 128 valence electrons. The maximum Gasteiger partial charge on any atom is 0.224 e. The zero-order valence-corrected chi connectivity index (χ0v) is 13.9. The van der Waals surface area contributed by atoms with Crippen LogP contribution in [-0.4, -0.2) is 66.9 Å². The van der Waals surface area contributed by atoms with Gasteiger partial charge in [-0.1, -0.05) is 13.8 Å². The van der Waals surface area contributed by atoms with Gasteiger partial charge >= 0.3 is 0 Å². The molecule has 0 unspecified atom stereocenters. The molecule has 0 spiro atoms. The van der Waals surface area contributed by atoms with E-state index in [9.17, 15) is 5.21 Å². The number of ether oxygens (including phenoxy) is 2. The van der Waals surface area contributed by atoms with Gasteiger partial charge in [-0.25, -0.2) is 4.98 Å². The fraction of sp³-hybridized carbons (Fsp3) is 0.625. The highest BCUT2D eigenvalue weighted by Crippen LogP contribution is 2.15. The highest BCUT2D eigenvalue weighted by atomic mass is 16.5. The first-order valence-corrected chi connectivity index (χ1v) is 8.03. The summed E-state index contributed by atoms with van der Waals surface area (Å²) >= 11 is 0. The van der Waals surface area contributed by atoms with Gasteiger partial charge < -0.3 is 9.47 Å². The Morgan fingerprint density at radius 2 is 2.26 bits per heavy atom. The third-order valence-corrected chi connectivity index (χ3v) is 3.48. The summed E-state index contributed by atoms with van der Waals surface area (Å²) in [5.41, 5.74) is 2.84. The molecule has 1 aliphatic rings. The number of hydroxylamine groups is 1. The average molecular weight is 322 g/mol. The van der Waals surface area contributed by atoms with Crippen LogP contribution in [0.2, 0.25) is 0 Å². The van der Waals surface area contributed by atoms with Crippen LogP contribution < -0.4 is 10.2 Å². The summed E-state index contributed by atoms with van der Waals surface area (Å²) in [5, 5.41) is 9.42. The van der Waals surface area contributed by atoms with E-state index in [-0.39, 0.29) is 0 Å². The van der Waals surface area contributed by atoms with Gasteiger partial charge in [0.2, 0.25) is 5.88 Å². The zero-order valence-electron chi connectivity index (χ0n) is 13.9. The second-order valence-corrected chi connectivity index (χ2v) is 5.86. The third kappa shape index (κ3) is 5.78. The Bertz CT molecular complexity index is 502. The molecule has 1 aromatic heterocycles. The van der Waals surface area contributed by atoms with Crippen molar-refractivity contribution < 1.29 is 14.7 Å². The normalized spacial score (nSPS) is 16.6. The van der Waals surface area contributed by atoms with E-state index in [0.29, 0.717) is 36.3 Å². The molecule has 0 aromatic carbocycles. The van der Waals surface area contributed by atoms with Gasteiger partial charge in [-0.05, 0) is 18.1 Å². The molecule has 2 rings (SSSR count). The lowest BCUT2D eigenvalue weighted by atomic mass is 10.2. The lowest BCUT2D eigenvalue weighted by molar-refractivity contribution is 0.0394. The highest BCUT2D eigenvalue weighted by Gasteiger charge is 2.13. The van der Waals surface area contributed by atoms with Crippen molar-refractivity contribution in [1.29, 1.82) is 0 Å².